The van der Waals surface area contributed by atoms with Crippen LogP contribution in [-0.4, -0.2) is 22.2 Å². The number of amides is 1. The monoisotopic (exact) mass is 427 g/mol. The number of rotatable bonds is 8. The van der Waals surface area contributed by atoms with Crippen molar-refractivity contribution in [3.05, 3.63) is 70.8 Å². The van der Waals surface area contributed by atoms with E-state index in [1.165, 1.54) is 11.1 Å². The topological polar surface area (TPSA) is 86.6 Å². The van der Waals surface area contributed by atoms with Gasteiger partial charge in [-0.05, 0) is 60.8 Å². The molecule has 2 aromatic rings. The second-order valence-corrected chi connectivity index (χ2v) is 8.94. The summed E-state index contributed by atoms with van der Waals surface area (Å²) < 4.78 is 0. The van der Waals surface area contributed by atoms with E-state index in [1.807, 2.05) is 48.5 Å². The van der Waals surface area contributed by atoms with Crippen LogP contribution in [-0.2, 0) is 22.4 Å². The lowest BCUT2D eigenvalue weighted by Gasteiger charge is -2.11. The number of carboxylic acids is 1. The van der Waals surface area contributed by atoms with E-state index in [1.54, 1.807) is 19.3 Å². The first kappa shape index (κ1) is 26.4. The van der Waals surface area contributed by atoms with Gasteiger partial charge in [0, 0.05) is 0 Å². The first-order chi connectivity index (χ1) is 14.5. The van der Waals surface area contributed by atoms with E-state index in [9.17, 15) is 9.59 Å². The predicted octanol–water partition coefficient (Wildman–Crippen LogP) is 5.57. The van der Waals surface area contributed by atoms with Gasteiger partial charge in [0.25, 0.3) is 5.91 Å². The summed E-state index contributed by atoms with van der Waals surface area (Å²) in [5.41, 5.74) is 6.00. The van der Waals surface area contributed by atoms with Gasteiger partial charge < -0.3 is 5.11 Å². The van der Waals surface area contributed by atoms with Crippen molar-refractivity contribution < 1.29 is 19.9 Å². The second kappa shape index (κ2) is 12.9. The molecule has 0 fully saturated rings. The van der Waals surface area contributed by atoms with Crippen LogP contribution in [0.3, 0.4) is 0 Å². The van der Waals surface area contributed by atoms with Crippen molar-refractivity contribution in [2.24, 2.45) is 11.8 Å². The summed E-state index contributed by atoms with van der Waals surface area (Å²) in [5.74, 6) is -0.629. The molecule has 0 aliphatic heterocycles. The van der Waals surface area contributed by atoms with Gasteiger partial charge in [-0.1, -0.05) is 76.2 Å². The van der Waals surface area contributed by atoms with Gasteiger partial charge in [0.1, 0.15) is 0 Å². The first-order valence-electron chi connectivity index (χ1n) is 10.9. The molecule has 0 heterocycles. The van der Waals surface area contributed by atoms with Gasteiger partial charge in [0.2, 0.25) is 0 Å². The quantitative estimate of drug-likeness (QED) is 0.380. The third-order valence-corrected chi connectivity index (χ3v) is 5.12. The molecular formula is C26H37NO4. The second-order valence-electron chi connectivity index (χ2n) is 8.94. The van der Waals surface area contributed by atoms with Gasteiger partial charge in [0.15, 0.2) is 0 Å². The van der Waals surface area contributed by atoms with Crippen LogP contribution in [0.15, 0.2) is 48.5 Å². The molecular weight excluding hydrogens is 390 g/mol. The van der Waals surface area contributed by atoms with E-state index >= 15 is 0 Å². The number of benzene rings is 2. The van der Waals surface area contributed by atoms with Gasteiger partial charge in [-0.15, -0.1) is 0 Å². The molecule has 5 nitrogen and oxygen atoms in total. The van der Waals surface area contributed by atoms with Crippen molar-refractivity contribution >= 4 is 11.9 Å². The zero-order chi connectivity index (χ0) is 23.6. The number of aliphatic carboxylic acids is 1. The fraction of sp³-hybridized carbons (Fsp3) is 0.462. The van der Waals surface area contributed by atoms with Gasteiger partial charge in [-0.25, -0.2) is 5.48 Å². The Balaban J connectivity index is 0.000000311. The highest BCUT2D eigenvalue weighted by atomic mass is 16.5. The molecule has 0 aliphatic carbocycles. The first-order valence-corrected chi connectivity index (χ1v) is 10.9. The summed E-state index contributed by atoms with van der Waals surface area (Å²) in [5, 5.41) is 17.4. The summed E-state index contributed by atoms with van der Waals surface area (Å²) in [4.78, 5) is 22.0. The standard InChI is InChI=1S/C13H19NO2.C13H18O2/c1-9(2)8-11-4-6-12(7-5-11)10(3)13(15)14-16;1-9(2)8-11-4-6-12(7-5-11)10(3)13(14)15/h4-7,9-10,16H,8H2,1-3H3,(H,14,15);4-7,9-10H,8H2,1-3H3,(H,14,15)/t;10-/m.0/s1. The average Bonchev–Trinajstić information content (AvgIpc) is 2.72. The molecule has 0 saturated heterocycles. The average molecular weight is 428 g/mol. The van der Waals surface area contributed by atoms with Crippen LogP contribution in [0.1, 0.15) is 75.6 Å². The maximum absolute atomic E-state index is 11.2. The van der Waals surface area contributed by atoms with Crippen LogP contribution in [0.4, 0.5) is 0 Å². The maximum atomic E-state index is 11.2. The van der Waals surface area contributed by atoms with Crippen molar-refractivity contribution in [3.63, 3.8) is 0 Å². The number of carboxylic acid groups (broad SMARTS) is 1. The fourth-order valence-electron chi connectivity index (χ4n) is 3.22. The lowest BCUT2D eigenvalue weighted by Crippen LogP contribution is -2.24. The van der Waals surface area contributed by atoms with E-state index in [4.69, 9.17) is 10.3 Å². The number of nitrogens with one attached hydrogen (secondary N) is 1. The summed E-state index contributed by atoms with van der Waals surface area (Å²) in [6.07, 6.45) is 2.09. The Morgan fingerprint density at radius 3 is 1.35 bits per heavy atom. The number of carbonyl (C=O) groups is 2. The Labute approximate surface area is 186 Å². The molecule has 0 aliphatic rings. The molecule has 0 radical (unpaired) electrons. The molecule has 0 saturated carbocycles. The Morgan fingerprint density at radius 2 is 1.06 bits per heavy atom. The van der Waals surface area contributed by atoms with Crippen molar-refractivity contribution in [2.75, 3.05) is 0 Å². The van der Waals surface area contributed by atoms with Crippen LogP contribution in [0.25, 0.3) is 0 Å². The minimum absolute atomic E-state index is 0.321. The third kappa shape index (κ3) is 9.35. The number of hydrogen-bond donors (Lipinski definition) is 3. The van der Waals surface area contributed by atoms with E-state index in [0.29, 0.717) is 11.8 Å². The van der Waals surface area contributed by atoms with Crippen molar-refractivity contribution in [1.29, 1.82) is 0 Å². The van der Waals surface area contributed by atoms with E-state index in [2.05, 4.69) is 27.7 Å². The van der Waals surface area contributed by atoms with Gasteiger partial charge in [-0.3, -0.25) is 14.8 Å². The van der Waals surface area contributed by atoms with Crippen LogP contribution < -0.4 is 5.48 Å². The summed E-state index contributed by atoms with van der Waals surface area (Å²) in [6.45, 7) is 12.2. The normalized spacial score (nSPS) is 12.7. The minimum atomic E-state index is -0.772. The highest BCUT2D eigenvalue weighted by Crippen LogP contribution is 2.18. The largest absolute Gasteiger partial charge is 0.481 e. The zero-order valence-electron chi connectivity index (χ0n) is 19.6. The van der Waals surface area contributed by atoms with Crippen molar-refractivity contribution in [2.45, 2.75) is 66.2 Å². The van der Waals surface area contributed by atoms with Crippen LogP contribution in [0.5, 0.6) is 0 Å². The van der Waals surface area contributed by atoms with Crippen molar-refractivity contribution in [3.8, 4) is 0 Å². The molecule has 170 valence electrons. The van der Waals surface area contributed by atoms with Crippen LogP contribution >= 0.6 is 0 Å². The fourth-order valence-corrected chi connectivity index (χ4v) is 3.22. The molecule has 31 heavy (non-hydrogen) atoms. The molecule has 0 bridgehead atoms. The SMILES string of the molecule is CC(C)Cc1ccc(C(C)C(=O)NO)cc1.CC(C)Cc1ccc([C@H](C)C(=O)O)cc1. The smallest absolute Gasteiger partial charge is 0.310 e. The Bertz CT molecular complexity index is 810. The van der Waals surface area contributed by atoms with Crippen LogP contribution in [0, 0.1) is 11.8 Å². The third-order valence-electron chi connectivity index (χ3n) is 5.12. The zero-order valence-corrected chi connectivity index (χ0v) is 19.6. The molecule has 2 atom stereocenters. The summed E-state index contributed by atoms with van der Waals surface area (Å²) >= 11 is 0. The lowest BCUT2D eigenvalue weighted by atomic mass is 9.96. The minimum Gasteiger partial charge on any atom is -0.481 e. The highest BCUT2D eigenvalue weighted by Gasteiger charge is 2.14. The Morgan fingerprint density at radius 1 is 0.710 bits per heavy atom. The molecule has 5 heteroatoms. The van der Waals surface area contributed by atoms with E-state index in [0.717, 1.165) is 24.0 Å². The van der Waals surface area contributed by atoms with E-state index < -0.39 is 11.9 Å². The summed E-state index contributed by atoms with van der Waals surface area (Å²) in [7, 11) is 0. The molecule has 2 rings (SSSR count). The number of carbonyl (C=O) groups excluding carboxylic acids is 1. The molecule has 0 spiro atoms. The molecule has 3 N–H and O–H groups in total. The highest BCUT2D eigenvalue weighted by molar-refractivity contribution is 5.82. The number of hydroxylamine groups is 1. The lowest BCUT2D eigenvalue weighted by molar-refractivity contribution is -0.138. The number of hydrogen-bond acceptors (Lipinski definition) is 3. The summed E-state index contributed by atoms with van der Waals surface area (Å²) in [6, 6.07) is 15.8. The Hall–Kier alpha value is -2.66. The van der Waals surface area contributed by atoms with Gasteiger partial charge in [-0.2, -0.15) is 0 Å². The molecule has 2 aromatic carbocycles. The molecule has 1 amide bonds. The predicted molar refractivity (Wildman–Crippen MR) is 124 cm³/mol. The van der Waals surface area contributed by atoms with Gasteiger partial charge >= 0.3 is 5.97 Å². The molecule has 1 unspecified atom stereocenters. The van der Waals surface area contributed by atoms with Crippen LogP contribution in [0.2, 0.25) is 0 Å². The maximum Gasteiger partial charge on any atom is 0.310 e. The van der Waals surface area contributed by atoms with Gasteiger partial charge in [0.05, 0.1) is 11.8 Å². The van der Waals surface area contributed by atoms with Crippen molar-refractivity contribution in [1.82, 2.24) is 5.48 Å². The molecule has 0 aromatic heterocycles. The van der Waals surface area contributed by atoms with E-state index in [-0.39, 0.29) is 11.8 Å². The Kier molecular flexibility index (Phi) is 11.0.